The number of hydrogen-bond acceptors (Lipinski definition) is 3. The van der Waals surface area contributed by atoms with Crippen LogP contribution < -0.4 is 4.74 Å². The minimum Gasteiger partial charge on any atom is -0.487 e. The zero-order chi connectivity index (χ0) is 14.4. The first-order chi connectivity index (χ1) is 9.69. The number of aliphatic hydroxyl groups is 1. The van der Waals surface area contributed by atoms with Gasteiger partial charge in [-0.05, 0) is 30.3 Å². The highest BCUT2D eigenvalue weighted by molar-refractivity contribution is 7.12. The topological polar surface area (TPSA) is 29.5 Å². The Balaban J connectivity index is 1.96. The Labute approximate surface area is 125 Å². The standard InChI is InChI=1S/C15H12ClFO2S/c16-14-9-11(17)4-7-15(14)19-10-13-6-5-12(20-13)3-1-2-8-18/h4-7,9,18H,2,8,10H2. The van der Waals surface area contributed by atoms with Gasteiger partial charge in [0.15, 0.2) is 0 Å². The summed E-state index contributed by atoms with van der Waals surface area (Å²) in [5, 5.41) is 8.90. The highest BCUT2D eigenvalue weighted by Crippen LogP contribution is 2.26. The first-order valence-corrected chi connectivity index (χ1v) is 7.15. The molecule has 1 N–H and O–H groups in total. The van der Waals surface area contributed by atoms with E-state index in [2.05, 4.69) is 11.8 Å². The average molecular weight is 311 g/mol. The van der Waals surface area contributed by atoms with Gasteiger partial charge in [-0.25, -0.2) is 4.39 Å². The van der Waals surface area contributed by atoms with E-state index in [1.807, 2.05) is 12.1 Å². The lowest BCUT2D eigenvalue weighted by atomic mass is 10.3. The number of aliphatic hydroxyl groups excluding tert-OH is 1. The van der Waals surface area contributed by atoms with E-state index in [4.69, 9.17) is 21.4 Å². The number of benzene rings is 1. The molecule has 1 aromatic heterocycles. The fraction of sp³-hybridized carbons (Fsp3) is 0.200. The molecule has 0 spiro atoms. The van der Waals surface area contributed by atoms with Crippen LogP contribution in [0, 0.1) is 17.7 Å². The number of hydrogen-bond donors (Lipinski definition) is 1. The molecule has 0 saturated heterocycles. The van der Waals surface area contributed by atoms with Crippen molar-refractivity contribution in [3.8, 4) is 17.6 Å². The first-order valence-electron chi connectivity index (χ1n) is 5.95. The third-order valence-electron chi connectivity index (χ3n) is 2.37. The minimum absolute atomic E-state index is 0.0669. The van der Waals surface area contributed by atoms with Gasteiger partial charge in [0.2, 0.25) is 0 Å². The van der Waals surface area contributed by atoms with Crippen molar-refractivity contribution in [2.45, 2.75) is 13.0 Å². The molecule has 20 heavy (non-hydrogen) atoms. The van der Waals surface area contributed by atoms with Gasteiger partial charge in [-0.3, -0.25) is 0 Å². The van der Waals surface area contributed by atoms with Crippen molar-refractivity contribution in [2.24, 2.45) is 0 Å². The molecule has 0 fully saturated rings. The summed E-state index contributed by atoms with van der Waals surface area (Å²) in [6.45, 7) is 0.426. The maximum absolute atomic E-state index is 12.9. The predicted molar refractivity (Wildman–Crippen MR) is 78.6 cm³/mol. The van der Waals surface area contributed by atoms with Crippen LogP contribution in [0.2, 0.25) is 5.02 Å². The van der Waals surface area contributed by atoms with Crippen LogP contribution in [0.1, 0.15) is 16.2 Å². The molecule has 0 aliphatic rings. The summed E-state index contributed by atoms with van der Waals surface area (Å²) >= 11 is 7.39. The summed E-state index contributed by atoms with van der Waals surface area (Å²) in [4.78, 5) is 1.92. The van der Waals surface area contributed by atoms with E-state index >= 15 is 0 Å². The van der Waals surface area contributed by atoms with Crippen molar-refractivity contribution in [1.29, 1.82) is 0 Å². The molecular formula is C15H12ClFO2S. The summed E-state index contributed by atoms with van der Waals surface area (Å²) in [5.74, 6) is 5.89. The van der Waals surface area contributed by atoms with Gasteiger partial charge in [0.25, 0.3) is 0 Å². The Morgan fingerprint density at radius 1 is 1.30 bits per heavy atom. The summed E-state index contributed by atoms with van der Waals surface area (Å²) in [5.41, 5.74) is 0. The van der Waals surface area contributed by atoms with Crippen molar-refractivity contribution in [3.63, 3.8) is 0 Å². The van der Waals surface area contributed by atoms with Gasteiger partial charge in [-0.1, -0.05) is 23.4 Å². The first kappa shape index (κ1) is 14.9. The quantitative estimate of drug-likeness (QED) is 0.869. The molecule has 2 aromatic rings. The van der Waals surface area contributed by atoms with E-state index in [9.17, 15) is 4.39 Å². The van der Waals surface area contributed by atoms with Crippen LogP contribution in [0.25, 0.3) is 0 Å². The maximum Gasteiger partial charge on any atom is 0.138 e. The van der Waals surface area contributed by atoms with Crippen LogP contribution in [0.4, 0.5) is 4.39 Å². The van der Waals surface area contributed by atoms with Gasteiger partial charge in [0.1, 0.15) is 18.2 Å². The van der Waals surface area contributed by atoms with E-state index in [0.717, 1.165) is 9.75 Å². The second-order valence-electron chi connectivity index (χ2n) is 3.90. The normalized spacial score (nSPS) is 9.95. The van der Waals surface area contributed by atoms with Gasteiger partial charge in [-0.2, -0.15) is 0 Å². The van der Waals surface area contributed by atoms with Gasteiger partial charge in [-0.15, -0.1) is 11.3 Å². The highest BCUT2D eigenvalue weighted by Gasteiger charge is 2.04. The van der Waals surface area contributed by atoms with E-state index in [1.165, 1.54) is 29.5 Å². The number of ether oxygens (including phenoxy) is 1. The second kappa shape index (κ2) is 7.30. The van der Waals surface area contributed by atoms with E-state index < -0.39 is 0 Å². The second-order valence-corrected chi connectivity index (χ2v) is 5.48. The summed E-state index contributed by atoms with van der Waals surface area (Å²) in [6.07, 6.45) is 0.467. The largest absolute Gasteiger partial charge is 0.487 e. The van der Waals surface area contributed by atoms with Gasteiger partial charge in [0, 0.05) is 11.3 Å². The van der Waals surface area contributed by atoms with Gasteiger partial charge in [0.05, 0.1) is 16.5 Å². The maximum atomic E-state index is 12.9. The molecule has 0 bridgehead atoms. The summed E-state index contributed by atoms with van der Waals surface area (Å²) in [7, 11) is 0. The Bertz CT molecular complexity index is 643. The summed E-state index contributed by atoms with van der Waals surface area (Å²) in [6, 6.07) is 7.86. The van der Waals surface area contributed by atoms with Crippen molar-refractivity contribution in [2.75, 3.05) is 6.61 Å². The third kappa shape index (κ3) is 4.24. The van der Waals surface area contributed by atoms with E-state index in [1.54, 1.807) is 0 Å². The molecule has 5 heteroatoms. The fourth-order valence-corrected chi connectivity index (χ4v) is 2.49. The Hall–Kier alpha value is -1.54. The Morgan fingerprint density at radius 3 is 2.90 bits per heavy atom. The fourth-order valence-electron chi connectivity index (χ4n) is 1.47. The summed E-state index contributed by atoms with van der Waals surface area (Å²) < 4.78 is 18.4. The highest BCUT2D eigenvalue weighted by atomic mass is 35.5. The molecule has 0 saturated carbocycles. The number of halogens is 2. The van der Waals surface area contributed by atoms with Crippen LogP contribution in [0.15, 0.2) is 30.3 Å². The van der Waals surface area contributed by atoms with Crippen LogP contribution in [-0.2, 0) is 6.61 Å². The van der Waals surface area contributed by atoms with E-state index in [-0.39, 0.29) is 17.4 Å². The van der Waals surface area contributed by atoms with Crippen molar-refractivity contribution < 1.29 is 14.2 Å². The van der Waals surface area contributed by atoms with Crippen molar-refractivity contribution >= 4 is 22.9 Å². The van der Waals surface area contributed by atoms with Gasteiger partial charge < -0.3 is 9.84 Å². The molecule has 0 aliphatic carbocycles. The van der Waals surface area contributed by atoms with Crippen LogP contribution >= 0.6 is 22.9 Å². The SMILES string of the molecule is OCCC#Cc1ccc(COc2ccc(F)cc2Cl)s1. The zero-order valence-corrected chi connectivity index (χ0v) is 12.1. The lowest BCUT2D eigenvalue weighted by Gasteiger charge is -2.06. The van der Waals surface area contributed by atoms with Crippen molar-refractivity contribution in [1.82, 2.24) is 0 Å². The number of thiophene rings is 1. The molecule has 0 radical (unpaired) electrons. The van der Waals surface area contributed by atoms with Crippen LogP contribution in [-0.4, -0.2) is 11.7 Å². The third-order valence-corrected chi connectivity index (χ3v) is 3.64. The average Bonchev–Trinajstić information content (AvgIpc) is 2.86. The van der Waals surface area contributed by atoms with Gasteiger partial charge >= 0.3 is 0 Å². The molecular weight excluding hydrogens is 299 g/mol. The zero-order valence-electron chi connectivity index (χ0n) is 10.5. The van der Waals surface area contributed by atoms with E-state index in [0.29, 0.717) is 18.8 Å². The van der Waals surface area contributed by atoms with Crippen LogP contribution in [0.5, 0.6) is 5.75 Å². The number of rotatable bonds is 4. The molecule has 0 atom stereocenters. The lowest BCUT2D eigenvalue weighted by Crippen LogP contribution is -1.93. The molecule has 0 aliphatic heterocycles. The lowest BCUT2D eigenvalue weighted by molar-refractivity contribution is 0.305. The molecule has 0 unspecified atom stereocenters. The monoisotopic (exact) mass is 310 g/mol. The van der Waals surface area contributed by atoms with Crippen molar-refractivity contribution in [3.05, 3.63) is 50.9 Å². The van der Waals surface area contributed by atoms with Crippen LogP contribution in [0.3, 0.4) is 0 Å². The Kier molecular flexibility index (Phi) is 5.42. The molecule has 1 heterocycles. The molecule has 2 nitrogen and oxygen atoms in total. The molecule has 2 rings (SSSR count). The molecule has 0 amide bonds. The predicted octanol–water partition coefficient (Wildman–Crippen LogP) is 3.85. The molecule has 104 valence electrons. The molecule has 1 aromatic carbocycles. The minimum atomic E-state index is -0.389. The Morgan fingerprint density at radius 2 is 2.15 bits per heavy atom. The smallest absolute Gasteiger partial charge is 0.138 e.